The second kappa shape index (κ2) is 5.66. The molecule has 0 aliphatic carbocycles. The monoisotopic (exact) mass is 286 g/mol. The molecule has 0 amide bonds. The number of rotatable bonds is 3. The quantitative estimate of drug-likeness (QED) is 0.905. The zero-order chi connectivity index (χ0) is 15.6. The molecule has 2 N–H and O–H groups in total. The van der Waals surface area contributed by atoms with Gasteiger partial charge in [0.15, 0.2) is 5.75 Å². The number of methoxy groups -OCH3 is 1. The van der Waals surface area contributed by atoms with E-state index in [-0.39, 0.29) is 11.3 Å². The fourth-order valence-electron chi connectivity index (χ4n) is 2.04. The lowest BCUT2D eigenvalue weighted by molar-refractivity contribution is 0.0697. The minimum absolute atomic E-state index is 0.103. The van der Waals surface area contributed by atoms with Gasteiger partial charge in [0.25, 0.3) is 0 Å². The Hall–Kier alpha value is -2.82. The third-order valence-corrected chi connectivity index (χ3v) is 3.18. The van der Waals surface area contributed by atoms with Crippen molar-refractivity contribution < 1.29 is 19.7 Å². The van der Waals surface area contributed by atoms with Crippen LogP contribution >= 0.6 is 0 Å². The van der Waals surface area contributed by atoms with Crippen LogP contribution in [0.1, 0.15) is 15.9 Å². The van der Waals surface area contributed by atoms with Gasteiger partial charge in [0.1, 0.15) is 0 Å². The summed E-state index contributed by atoms with van der Waals surface area (Å²) in [5.74, 6) is -1.36. The predicted molar refractivity (Wildman–Crippen MR) is 78.1 cm³/mol. The van der Waals surface area contributed by atoms with E-state index in [0.29, 0.717) is 11.1 Å². The molecule has 0 aromatic heterocycles. The smallest absolute Gasteiger partial charge is 0.335 e. The van der Waals surface area contributed by atoms with E-state index < -0.39 is 17.1 Å². The van der Waals surface area contributed by atoms with Crippen LogP contribution in [0, 0.1) is 6.92 Å². The number of aromatic hydroxyl groups is 1. The number of ether oxygens (including phenoxy) is 1. The first-order chi connectivity index (χ1) is 9.93. The van der Waals surface area contributed by atoms with Gasteiger partial charge in [-0.2, -0.15) is 0 Å². The third kappa shape index (κ3) is 2.86. The van der Waals surface area contributed by atoms with Gasteiger partial charge < -0.3 is 14.9 Å². The van der Waals surface area contributed by atoms with Crippen LogP contribution < -0.4 is 10.2 Å². The second-order valence-electron chi connectivity index (χ2n) is 4.55. The highest BCUT2D eigenvalue weighted by Crippen LogP contribution is 2.28. The Morgan fingerprint density at radius 3 is 2.29 bits per heavy atom. The second-order valence-corrected chi connectivity index (χ2v) is 4.55. The fraction of sp³-hybridized carbons (Fsp3) is 0.125. The van der Waals surface area contributed by atoms with E-state index >= 15 is 0 Å². The highest BCUT2D eigenvalue weighted by Gasteiger charge is 2.10. The summed E-state index contributed by atoms with van der Waals surface area (Å²) in [6, 6.07) is 9.04. The Morgan fingerprint density at radius 1 is 1.14 bits per heavy atom. The molecular weight excluding hydrogens is 272 g/mol. The highest BCUT2D eigenvalue weighted by atomic mass is 16.5. The summed E-state index contributed by atoms with van der Waals surface area (Å²) in [5, 5.41) is 18.6. The van der Waals surface area contributed by atoms with E-state index in [2.05, 4.69) is 0 Å². The van der Waals surface area contributed by atoms with Crippen LogP contribution in [-0.2, 0) is 0 Å². The Morgan fingerprint density at radius 2 is 1.76 bits per heavy atom. The summed E-state index contributed by atoms with van der Waals surface area (Å²) in [6.45, 7) is 1.78. The van der Waals surface area contributed by atoms with Gasteiger partial charge >= 0.3 is 5.97 Å². The summed E-state index contributed by atoms with van der Waals surface area (Å²) in [7, 11) is 1.37. The zero-order valence-corrected chi connectivity index (χ0v) is 11.6. The molecule has 0 saturated heterocycles. The summed E-state index contributed by atoms with van der Waals surface area (Å²) in [6.07, 6.45) is 0. The Labute approximate surface area is 121 Å². The van der Waals surface area contributed by atoms with E-state index in [1.807, 2.05) is 0 Å². The van der Waals surface area contributed by atoms with E-state index in [1.54, 1.807) is 25.1 Å². The number of benzene rings is 1. The molecule has 0 unspecified atom stereocenters. The first-order valence-electron chi connectivity index (χ1n) is 6.19. The van der Waals surface area contributed by atoms with Crippen molar-refractivity contribution in [2.45, 2.75) is 6.92 Å². The minimum atomic E-state index is -1.01. The number of carboxylic acid groups (broad SMARTS) is 1. The van der Waals surface area contributed by atoms with Crippen LogP contribution in [0.4, 0.5) is 0 Å². The standard InChI is InChI=1S/C16H14O5/c1-9-7-14(21-2)15(18)13(17)8-12(9)10-3-5-11(6-4-10)16(19)20/h3-8H,1-2H3,(H,17,18)(H,19,20). The molecule has 0 aliphatic heterocycles. The van der Waals surface area contributed by atoms with Gasteiger partial charge in [0.2, 0.25) is 11.2 Å². The first-order valence-corrected chi connectivity index (χ1v) is 6.19. The number of aryl methyl sites for hydroxylation is 1. The van der Waals surface area contributed by atoms with Crippen molar-refractivity contribution in [3.05, 3.63) is 57.7 Å². The van der Waals surface area contributed by atoms with Crippen molar-refractivity contribution in [1.82, 2.24) is 0 Å². The van der Waals surface area contributed by atoms with Crippen molar-refractivity contribution in [2.24, 2.45) is 0 Å². The van der Waals surface area contributed by atoms with Gasteiger partial charge in [-0.15, -0.1) is 0 Å². The van der Waals surface area contributed by atoms with Crippen molar-refractivity contribution in [3.63, 3.8) is 0 Å². The molecule has 0 aliphatic rings. The fourth-order valence-corrected chi connectivity index (χ4v) is 2.04. The molecule has 2 rings (SSSR count). The van der Waals surface area contributed by atoms with Crippen molar-refractivity contribution >= 4 is 5.97 Å². The minimum Gasteiger partial charge on any atom is -0.502 e. The number of carboxylic acids is 1. The molecular formula is C16H14O5. The largest absolute Gasteiger partial charge is 0.502 e. The number of carbonyl (C=O) groups is 1. The summed E-state index contributed by atoms with van der Waals surface area (Å²) < 4.78 is 4.98. The van der Waals surface area contributed by atoms with E-state index in [4.69, 9.17) is 9.84 Å². The number of hydrogen-bond donors (Lipinski definition) is 2. The molecule has 0 radical (unpaired) electrons. The maximum atomic E-state index is 11.9. The van der Waals surface area contributed by atoms with Crippen molar-refractivity contribution in [3.8, 4) is 22.6 Å². The van der Waals surface area contributed by atoms with Gasteiger partial charge in [0.05, 0.1) is 12.7 Å². The van der Waals surface area contributed by atoms with E-state index in [1.165, 1.54) is 25.3 Å². The summed E-state index contributed by atoms with van der Waals surface area (Å²) in [5.41, 5.74) is 1.63. The summed E-state index contributed by atoms with van der Waals surface area (Å²) in [4.78, 5) is 22.7. The first kappa shape index (κ1) is 14.6. The van der Waals surface area contributed by atoms with Gasteiger partial charge in [-0.25, -0.2) is 4.79 Å². The topological polar surface area (TPSA) is 83.8 Å². The van der Waals surface area contributed by atoms with Crippen molar-refractivity contribution in [1.29, 1.82) is 0 Å². The SMILES string of the molecule is COc1cc(C)c(-c2ccc(C(=O)O)cc2)cc(=O)c1O. The van der Waals surface area contributed by atoms with E-state index in [0.717, 1.165) is 5.56 Å². The lowest BCUT2D eigenvalue weighted by Gasteiger charge is -2.03. The van der Waals surface area contributed by atoms with Crippen LogP contribution in [0.2, 0.25) is 0 Å². The number of hydrogen-bond acceptors (Lipinski definition) is 4. The van der Waals surface area contributed by atoms with Crippen LogP contribution in [0.3, 0.4) is 0 Å². The van der Waals surface area contributed by atoms with Crippen molar-refractivity contribution in [2.75, 3.05) is 7.11 Å². The molecule has 0 saturated carbocycles. The molecule has 2 aromatic rings. The molecule has 2 aromatic carbocycles. The molecule has 0 bridgehead atoms. The number of aromatic carboxylic acids is 1. The van der Waals surface area contributed by atoms with E-state index in [9.17, 15) is 14.7 Å². The normalized spacial score (nSPS) is 10.2. The third-order valence-electron chi connectivity index (χ3n) is 3.18. The molecule has 5 heteroatoms. The van der Waals surface area contributed by atoms with Gasteiger partial charge in [-0.05, 0) is 47.9 Å². The average Bonchev–Trinajstić information content (AvgIpc) is 2.58. The lowest BCUT2D eigenvalue weighted by atomic mass is 10.0. The molecule has 0 spiro atoms. The maximum absolute atomic E-state index is 11.9. The Bertz CT molecular complexity index is 748. The van der Waals surface area contributed by atoms with Crippen LogP contribution in [0.15, 0.2) is 41.2 Å². The van der Waals surface area contributed by atoms with Gasteiger partial charge in [-0.3, -0.25) is 4.79 Å². The lowest BCUT2D eigenvalue weighted by Crippen LogP contribution is -1.97. The molecule has 0 fully saturated rings. The Kier molecular flexibility index (Phi) is 3.93. The molecule has 0 heterocycles. The molecule has 0 atom stereocenters. The van der Waals surface area contributed by atoms with Crippen LogP contribution in [0.5, 0.6) is 11.5 Å². The highest BCUT2D eigenvalue weighted by molar-refractivity contribution is 5.88. The maximum Gasteiger partial charge on any atom is 0.335 e. The molecule has 5 nitrogen and oxygen atoms in total. The molecule has 21 heavy (non-hydrogen) atoms. The van der Waals surface area contributed by atoms with Crippen LogP contribution in [0.25, 0.3) is 11.1 Å². The average molecular weight is 286 g/mol. The predicted octanol–water partition coefficient (Wildman–Crippen LogP) is 2.43. The van der Waals surface area contributed by atoms with Gasteiger partial charge in [0, 0.05) is 0 Å². The molecule has 108 valence electrons. The van der Waals surface area contributed by atoms with Crippen LogP contribution in [-0.4, -0.2) is 23.3 Å². The van der Waals surface area contributed by atoms with Gasteiger partial charge in [-0.1, -0.05) is 12.1 Å². The summed E-state index contributed by atoms with van der Waals surface area (Å²) >= 11 is 0. The Balaban J connectivity index is 2.64. The zero-order valence-electron chi connectivity index (χ0n) is 11.6.